The quantitative estimate of drug-likeness (QED) is 0.733. The maximum absolute atomic E-state index is 6.03. The second-order valence-electron chi connectivity index (χ2n) is 4.81. The van der Waals surface area contributed by atoms with E-state index in [4.69, 9.17) is 14.9 Å². The zero-order chi connectivity index (χ0) is 13.5. The van der Waals surface area contributed by atoms with Crippen LogP contribution in [-0.2, 0) is 17.8 Å². The fourth-order valence-corrected chi connectivity index (χ4v) is 2.53. The molecule has 5 nitrogen and oxygen atoms in total. The number of para-hydroxylation sites is 1. The van der Waals surface area contributed by atoms with E-state index in [2.05, 4.69) is 9.97 Å². The van der Waals surface area contributed by atoms with Crippen molar-refractivity contribution in [3.63, 3.8) is 0 Å². The van der Waals surface area contributed by atoms with E-state index in [0.717, 1.165) is 34.2 Å². The van der Waals surface area contributed by atoms with Crippen molar-refractivity contribution in [1.82, 2.24) is 9.97 Å². The van der Waals surface area contributed by atoms with E-state index in [1.807, 2.05) is 24.3 Å². The second-order valence-corrected chi connectivity index (χ2v) is 4.81. The van der Waals surface area contributed by atoms with Crippen LogP contribution in [0.25, 0.3) is 22.4 Å². The minimum atomic E-state index is 0.494. The number of nitrogens with zero attached hydrogens (tertiary/aromatic N) is 2. The summed E-state index contributed by atoms with van der Waals surface area (Å²) in [5, 5.41) is 0.999. The number of nitrogen functional groups attached to an aromatic ring is 1. The molecule has 0 saturated carbocycles. The SMILES string of the molecule is Nc1nc(-c2coc3ccccc23)nc2c1COCC2. The van der Waals surface area contributed by atoms with E-state index >= 15 is 0 Å². The van der Waals surface area contributed by atoms with Gasteiger partial charge in [0, 0.05) is 17.4 Å². The van der Waals surface area contributed by atoms with E-state index in [0.29, 0.717) is 24.9 Å². The Labute approximate surface area is 115 Å². The van der Waals surface area contributed by atoms with Crippen LogP contribution in [0, 0.1) is 0 Å². The number of furan rings is 1. The molecule has 100 valence electrons. The van der Waals surface area contributed by atoms with E-state index < -0.39 is 0 Å². The molecule has 0 atom stereocenters. The zero-order valence-corrected chi connectivity index (χ0v) is 10.8. The van der Waals surface area contributed by atoms with Gasteiger partial charge in [-0.25, -0.2) is 9.97 Å². The molecule has 3 aromatic rings. The number of hydrogen-bond acceptors (Lipinski definition) is 5. The number of anilines is 1. The summed E-state index contributed by atoms with van der Waals surface area (Å²) >= 11 is 0. The van der Waals surface area contributed by atoms with E-state index in [1.54, 1.807) is 6.26 Å². The van der Waals surface area contributed by atoms with Crippen molar-refractivity contribution >= 4 is 16.8 Å². The Balaban J connectivity index is 1.92. The Bertz CT molecular complexity index is 795. The Morgan fingerprint density at radius 2 is 2.05 bits per heavy atom. The number of rotatable bonds is 1. The average molecular weight is 267 g/mol. The van der Waals surface area contributed by atoms with Crippen LogP contribution in [0.5, 0.6) is 0 Å². The van der Waals surface area contributed by atoms with Crippen molar-refractivity contribution in [2.24, 2.45) is 0 Å². The lowest BCUT2D eigenvalue weighted by molar-refractivity contribution is 0.109. The molecule has 0 spiro atoms. The van der Waals surface area contributed by atoms with Crippen molar-refractivity contribution in [2.45, 2.75) is 13.0 Å². The van der Waals surface area contributed by atoms with Gasteiger partial charge in [-0.3, -0.25) is 0 Å². The fraction of sp³-hybridized carbons (Fsp3) is 0.200. The molecular weight excluding hydrogens is 254 g/mol. The molecular formula is C15H13N3O2. The first-order chi connectivity index (χ1) is 9.83. The number of benzene rings is 1. The molecule has 0 unspecified atom stereocenters. The number of ether oxygens (including phenoxy) is 1. The maximum Gasteiger partial charge on any atom is 0.165 e. The highest BCUT2D eigenvalue weighted by Gasteiger charge is 2.19. The Hall–Kier alpha value is -2.40. The Morgan fingerprint density at radius 1 is 1.15 bits per heavy atom. The first kappa shape index (κ1) is 11.4. The van der Waals surface area contributed by atoms with Gasteiger partial charge in [0.15, 0.2) is 5.82 Å². The van der Waals surface area contributed by atoms with Gasteiger partial charge in [0.1, 0.15) is 17.7 Å². The van der Waals surface area contributed by atoms with Gasteiger partial charge in [0.05, 0.1) is 24.5 Å². The molecule has 0 radical (unpaired) electrons. The number of aromatic nitrogens is 2. The topological polar surface area (TPSA) is 74.2 Å². The molecule has 0 fully saturated rings. The molecule has 2 N–H and O–H groups in total. The van der Waals surface area contributed by atoms with Crippen molar-refractivity contribution < 1.29 is 9.15 Å². The molecule has 1 aromatic carbocycles. The molecule has 0 bridgehead atoms. The average Bonchev–Trinajstić information content (AvgIpc) is 2.91. The van der Waals surface area contributed by atoms with Gasteiger partial charge in [0.2, 0.25) is 0 Å². The van der Waals surface area contributed by atoms with Gasteiger partial charge in [-0.2, -0.15) is 0 Å². The standard InChI is InChI=1S/C15H13N3O2/c16-14-11-7-19-6-5-12(11)17-15(18-14)10-8-20-13-4-2-1-3-9(10)13/h1-4,8H,5-7H2,(H2,16,17,18). The van der Waals surface area contributed by atoms with Crippen LogP contribution in [0.4, 0.5) is 5.82 Å². The summed E-state index contributed by atoms with van der Waals surface area (Å²) in [6.07, 6.45) is 2.45. The van der Waals surface area contributed by atoms with Gasteiger partial charge in [-0.15, -0.1) is 0 Å². The first-order valence-corrected chi connectivity index (χ1v) is 6.52. The molecule has 1 aliphatic heterocycles. The summed E-state index contributed by atoms with van der Waals surface area (Å²) in [5.41, 5.74) is 9.62. The Morgan fingerprint density at radius 3 is 3.00 bits per heavy atom. The number of fused-ring (bicyclic) bond motifs is 2. The summed E-state index contributed by atoms with van der Waals surface area (Å²) in [7, 11) is 0. The summed E-state index contributed by atoms with van der Waals surface area (Å²) in [6.45, 7) is 1.17. The van der Waals surface area contributed by atoms with Crippen LogP contribution in [0.2, 0.25) is 0 Å². The summed E-state index contributed by atoms with van der Waals surface area (Å²) in [5.74, 6) is 1.11. The van der Waals surface area contributed by atoms with Gasteiger partial charge >= 0.3 is 0 Å². The zero-order valence-electron chi connectivity index (χ0n) is 10.8. The minimum absolute atomic E-state index is 0.494. The monoisotopic (exact) mass is 267 g/mol. The highest BCUT2D eigenvalue weighted by atomic mass is 16.5. The fourth-order valence-electron chi connectivity index (χ4n) is 2.53. The predicted octanol–water partition coefficient (Wildman–Crippen LogP) is 2.54. The third-order valence-corrected chi connectivity index (χ3v) is 3.58. The van der Waals surface area contributed by atoms with Crippen molar-refractivity contribution in [1.29, 1.82) is 0 Å². The Kier molecular flexibility index (Phi) is 2.47. The van der Waals surface area contributed by atoms with Crippen LogP contribution in [0.1, 0.15) is 11.3 Å². The van der Waals surface area contributed by atoms with E-state index in [-0.39, 0.29) is 0 Å². The normalized spacial score (nSPS) is 14.4. The molecule has 2 aromatic heterocycles. The van der Waals surface area contributed by atoms with Crippen LogP contribution in [0.3, 0.4) is 0 Å². The molecule has 0 saturated heterocycles. The van der Waals surface area contributed by atoms with E-state index in [1.165, 1.54) is 0 Å². The van der Waals surface area contributed by atoms with E-state index in [9.17, 15) is 0 Å². The predicted molar refractivity (Wildman–Crippen MR) is 75.0 cm³/mol. The highest BCUT2D eigenvalue weighted by Crippen LogP contribution is 2.30. The lowest BCUT2D eigenvalue weighted by Crippen LogP contribution is -2.16. The third kappa shape index (κ3) is 1.67. The molecule has 5 heteroatoms. The van der Waals surface area contributed by atoms with Crippen LogP contribution < -0.4 is 5.73 Å². The van der Waals surface area contributed by atoms with Crippen LogP contribution in [0.15, 0.2) is 34.9 Å². The number of hydrogen-bond donors (Lipinski definition) is 1. The highest BCUT2D eigenvalue weighted by molar-refractivity contribution is 5.92. The summed E-state index contributed by atoms with van der Waals surface area (Å²) in [4.78, 5) is 9.04. The smallest absolute Gasteiger partial charge is 0.165 e. The second kappa shape index (κ2) is 4.31. The van der Waals surface area contributed by atoms with Gasteiger partial charge in [-0.05, 0) is 6.07 Å². The molecule has 4 rings (SSSR count). The maximum atomic E-state index is 6.03. The lowest BCUT2D eigenvalue weighted by atomic mass is 10.1. The lowest BCUT2D eigenvalue weighted by Gasteiger charge is -2.17. The third-order valence-electron chi connectivity index (χ3n) is 3.58. The van der Waals surface area contributed by atoms with Gasteiger partial charge in [-0.1, -0.05) is 18.2 Å². The minimum Gasteiger partial charge on any atom is -0.464 e. The summed E-state index contributed by atoms with van der Waals surface area (Å²) < 4.78 is 10.9. The summed E-state index contributed by atoms with van der Waals surface area (Å²) in [6, 6.07) is 7.83. The molecule has 0 aliphatic carbocycles. The van der Waals surface area contributed by atoms with Crippen molar-refractivity contribution in [3.8, 4) is 11.4 Å². The molecule has 20 heavy (non-hydrogen) atoms. The van der Waals surface area contributed by atoms with Crippen molar-refractivity contribution in [3.05, 3.63) is 41.8 Å². The van der Waals surface area contributed by atoms with Crippen LogP contribution >= 0.6 is 0 Å². The number of nitrogens with two attached hydrogens (primary N) is 1. The largest absolute Gasteiger partial charge is 0.464 e. The molecule has 3 heterocycles. The van der Waals surface area contributed by atoms with Gasteiger partial charge < -0.3 is 14.9 Å². The van der Waals surface area contributed by atoms with Crippen molar-refractivity contribution in [2.75, 3.05) is 12.3 Å². The van der Waals surface area contributed by atoms with Crippen LogP contribution in [-0.4, -0.2) is 16.6 Å². The molecule has 0 amide bonds. The van der Waals surface area contributed by atoms with Gasteiger partial charge in [0.25, 0.3) is 0 Å². The molecule has 1 aliphatic rings. The first-order valence-electron chi connectivity index (χ1n) is 6.52.